The molecule has 112 valence electrons. The predicted octanol–water partition coefficient (Wildman–Crippen LogP) is 0.761. The molecule has 1 unspecified atom stereocenters. The van der Waals surface area contributed by atoms with Crippen molar-refractivity contribution in [3.8, 4) is 0 Å². The molecule has 2 saturated carbocycles. The molecule has 1 aliphatic heterocycles. The molecule has 1 N–H and O–H groups in total. The van der Waals surface area contributed by atoms with Gasteiger partial charge in [-0.1, -0.05) is 0 Å². The molecule has 1 saturated heterocycles. The number of aliphatic hydroxyl groups is 1. The fraction of sp³-hybridized carbons (Fsp3) is 0.867. The van der Waals surface area contributed by atoms with Gasteiger partial charge < -0.3 is 14.9 Å². The molecule has 0 aromatic carbocycles. The van der Waals surface area contributed by atoms with E-state index in [0.29, 0.717) is 38.0 Å². The Labute approximate surface area is 119 Å². The van der Waals surface area contributed by atoms with Gasteiger partial charge in [0, 0.05) is 38.2 Å². The Kier molecular flexibility index (Phi) is 3.96. The molecule has 3 rings (SSSR count). The second-order valence-electron chi connectivity index (χ2n) is 6.37. The fourth-order valence-corrected chi connectivity index (χ4v) is 3.28. The first kappa shape index (κ1) is 13.9. The van der Waals surface area contributed by atoms with Crippen molar-refractivity contribution in [1.29, 1.82) is 0 Å². The van der Waals surface area contributed by atoms with Crippen molar-refractivity contribution in [2.45, 2.75) is 57.0 Å². The van der Waals surface area contributed by atoms with Gasteiger partial charge in [0.1, 0.15) is 0 Å². The smallest absolute Gasteiger partial charge is 0.228 e. The zero-order chi connectivity index (χ0) is 14.1. The molecule has 0 aromatic rings. The number of nitrogens with zero attached hydrogens (tertiary/aromatic N) is 2. The molecule has 2 amide bonds. The lowest BCUT2D eigenvalue weighted by Crippen LogP contribution is -2.48. The Balaban J connectivity index is 1.61. The van der Waals surface area contributed by atoms with E-state index in [0.717, 1.165) is 25.7 Å². The lowest BCUT2D eigenvalue weighted by molar-refractivity contribution is -0.140. The molecule has 1 heterocycles. The van der Waals surface area contributed by atoms with Crippen molar-refractivity contribution in [1.82, 2.24) is 9.80 Å². The van der Waals surface area contributed by atoms with Crippen molar-refractivity contribution < 1.29 is 14.7 Å². The summed E-state index contributed by atoms with van der Waals surface area (Å²) in [5.41, 5.74) is 0. The lowest BCUT2D eigenvalue weighted by atomic mass is 9.90. The first-order chi connectivity index (χ1) is 9.70. The van der Waals surface area contributed by atoms with E-state index in [9.17, 15) is 9.59 Å². The van der Waals surface area contributed by atoms with Crippen LogP contribution in [-0.2, 0) is 9.59 Å². The van der Waals surface area contributed by atoms with Gasteiger partial charge in [-0.3, -0.25) is 9.59 Å². The molecular formula is C15H24N2O3. The maximum atomic E-state index is 12.7. The first-order valence-electron chi connectivity index (χ1n) is 7.91. The van der Waals surface area contributed by atoms with Crippen LogP contribution in [0.1, 0.15) is 44.9 Å². The maximum Gasteiger partial charge on any atom is 0.228 e. The highest BCUT2D eigenvalue weighted by Gasteiger charge is 2.43. The molecule has 0 bridgehead atoms. The largest absolute Gasteiger partial charge is 0.396 e. The number of hydrogen-bond acceptors (Lipinski definition) is 3. The third-order valence-corrected chi connectivity index (χ3v) is 4.85. The number of hydrogen-bond donors (Lipinski definition) is 1. The quantitative estimate of drug-likeness (QED) is 0.781. The summed E-state index contributed by atoms with van der Waals surface area (Å²) in [7, 11) is 0. The minimum Gasteiger partial charge on any atom is -0.396 e. The second kappa shape index (κ2) is 5.72. The van der Waals surface area contributed by atoms with Gasteiger partial charge in [0.25, 0.3) is 0 Å². The van der Waals surface area contributed by atoms with Crippen molar-refractivity contribution in [2.75, 3.05) is 19.7 Å². The fourth-order valence-electron chi connectivity index (χ4n) is 3.28. The highest BCUT2D eigenvalue weighted by Crippen LogP contribution is 2.34. The summed E-state index contributed by atoms with van der Waals surface area (Å²) in [6.45, 7) is 1.37. The van der Waals surface area contributed by atoms with E-state index in [1.807, 2.05) is 9.80 Å². The average molecular weight is 280 g/mol. The van der Waals surface area contributed by atoms with Gasteiger partial charge in [-0.15, -0.1) is 0 Å². The zero-order valence-electron chi connectivity index (χ0n) is 12.0. The van der Waals surface area contributed by atoms with E-state index in [1.54, 1.807) is 0 Å². The summed E-state index contributed by atoms with van der Waals surface area (Å²) in [5.74, 6) is 0.142. The van der Waals surface area contributed by atoms with Gasteiger partial charge in [0.2, 0.25) is 11.8 Å². The van der Waals surface area contributed by atoms with Gasteiger partial charge in [-0.2, -0.15) is 0 Å². The van der Waals surface area contributed by atoms with Crippen LogP contribution in [0.3, 0.4) is 0 Å². The highest BCUT2D eigenvalue weighted by atomic mass is 16.3. The third-order valence-electron chi connectivity index (χ3n) is 4.85. The Hall–Kier alpha value is -1.10. The topological polar surface area (TPSA) is 60.9 Å². The normalized spacial score (nSPS) is 26.8. The van der Waals surface area contributed by atoms with Gasteiger partial charge in [0.05, 0.1) is 5.92 Å². The molecule has 5 heteroatoms. The number of carbonyl (C=O) groups excluding carboxylic acids is 2. The third kappa shape index (κ3) is 2.68. The minimum atomic E-state index is -0.151. The summed E-state index contributed by atoms with van der Waals surface area (Å²) in [4.78, 5) is 28.5. The van der Waals surface area contributed by atoms with Gasteiger partial charge in [0.15, 0.2) is 0 Å². The van der Waals surface area contributed by atoms with Gasteiger partial charge in [-0.25, -0.2) is 0 Å². The summed E-state index contributed by atoms with van der Waals surface area (Å²) in [5, 5.41) is 9.00. The molecule has 1 atom stereocenters. The molecule has 0 radical (unpaired) electrons. The van der Waals surface area contributed by atoms with Gasteiger partial charge in [-0.05, 0) is 38.5 Å². The number of amides is 2. The molecule has 0 spiro atoms. The minimum absolute atomic E-state index is 0.119. The van der Waals surface area contributed by atoms with Crippen molar-refractivity contribution in [3.63, 3.8) is 0 Å². The Morgan fingerprint density at radius 1 is 1.30 bits per heavy atom. The summed E-state index contributed by atoms with van der Waals surface area (Å²) < 4.78 is 0. The lowest BCUT2D eigenvalue weighted by Gasteiger charge is -2.39. The van der Waals surface area contributed by atoms with E-state index in [2.05, 4.69) is 0 Å². The molecular weight excluding hydrogens is 256 g/mol. The zero-order valence-corrected chi connectivity index (χ0v) is 12.0. The predicted molar refractivity (Wildman–Crippen MR) is 73.9 cm³/mol. The van der Waals surface area contributed by atoms with Crippen LogP contribution in [0.5, 0.6) is 0 Å². The monoisotopic (exact) mass is 280 g/mol. The van der Waals surface area contributed by atoms with Crippen LogP contribution in [0.15, 0.2) is 0 Å². The van der Waals surface area contributed by atoms with Crippen molar-refractivity contribution in [2.24, 2.45) is 5.92 Å². The SMILES string of the molecule is O=C1CC(C(=O)N(CCCO)C2CCC2)CN1C1CC1. The Morgan fingerprint density at radius 2 is 2.05 bits per heavy atom. The molecule has 20 heavy (non-hydrogen) atoms. The number of aliphatic hydroxyl groups excluding tert-OH is 1. The van der Waals surface area contributed by atoms with E-state index < -0.39 is 0 Å². The molecule has 3 fully saturated rings. The number of carbonyl (C=O) groups is 2. The molecule has 5 nitrogen and oxygen atoms in total. The first-order valence-corrected chi connectivity index (χ1v) is 7.91. The summed E-state index contributed by atoms with van der Waals surface area (Å²) in [6.07, 6.45) is 6.56. The standard InChI is InChI=1S/C15H24N2O3/c18-8-2-7-16(12-3-1-4-12)15(20)11-9-14(19)17(10-11)13-5-6-13/h11-13,18H,1-10H2. The van der Waals surface area contributed by atoms with Crippen LogP contribution in [0.2, 0.25) is 0 Å². The van der Waals surface area contributed by atoms with Crippen LogP contribution in [-0.4, -0.2) is 58.5 Å². The highest BCUT2D eigenvalue weighted by molar-refractivity contribution is 5.89. The van der Waals surface area contributed by atoms with E-state index in [4.69, 9.17) is 5.11 Å². The van der Waals surface area contributed by atoms with Crippen LogP contribution in [0, 0.1) is 5.92 Å². The Bertz CT molecular complexity index is 391. The Morgan fingerprint density at radius 3 is 2.60 bits per heavy atom. The summed E-state index contributed by atoms with van der Waals surface area (Å²) >= 11 is 0. The second-order valence-corrected chi connectivity index (χ2v) is 6.37. The molecule has 3 aliphatic rings. The number of rotatable bonds is 6. The summed E-state index contributed by atoms with van der Waals surface area (Å²) in [6, 6.07) is 0.758. The van der Waals surface area contributed by atoms with Crippen LogP contribution >= 0.6 is 0 Å². The number of likely N-dealkylation sites (tertiary alicyclic amines) is 1. The van der Waals surface area contributed by atoms with Crippen LogP contribution in [0.25, 0.3) is 0 Å². The molecule has 0 aromatic heterocycles. The maximum absolute atomic E-state index is 12.7. The van der Waals surface area contributed by atoms with Crippen LogP contribution < -0.4 is 0 Å². The molecule has 2 aliphatic carbocycles. The van der Waals surface area contributed by atoms with Crippen molar-refractivity contribution in [3.05, 3.63) is 0 Å². The average Bonchev–Trinajstić information content (AvgIpc) is 3.14. The van der Waals surface area contributed by atoms with Gasteiger partial charge >= 0.3 is 0 Å². The van der Waals surface area contributed by atoms with E-state index in [-0.39, 0.29) is 24.3 Å². The van der Waals surface area contributed by atoms with Crippen LogP contribution in [0.4, 0.5) is 0 Å². The van der Waals surface area contributed by atoms with E-state index >= 15 is 0 Å². The van der Waals surface area contributed by atoms with E-state index in [1.165, 1.54) is 6.42 Å². The van der Waals surface area contributed by atoms with Crippen molar-refractivity contribution >= 4 is 11.8 Å².